The Hall–Kier alpha value is -4.02. The van der Waals surface area contributed by atoms with Gasteiger partial charge in [0.1, 0.15) is 21.8 Å². The molecule has 0 bridgehead atoms. The number of ether oxygens (including phenoxy) is 1. The number of carbonyl (C=O) groups is 3. The van der Waals surface area contributed by atoms with Crippen LogP contribution < -0.4 is 20.3 Å². The first kappa shape index (κ1) is 27.2. The normalized spacial score (nSPS) is 21.1. The summed E-state index contributed by atoms with van der Waals surface area (Å²) in [6.45, 7) is 6.38. The molecule has 3 atom stereocenters. The summed E-state index contributed by atoms with van der Waals surface area (Å²) in [5.74, 6) is 0.860. The van der Waals surface area contributed by atoms with Gasteiger partial charge in [-0.05, 0) is 61.7 Å². The van der Waals surface area contributed by atoms with Gasteiger partial charge >= 0.3 is 6.03 Å². The lowest BCUT2D eigenvalue weighted by Gasteiger charge is -2.36. The molecular formula is C30H28ClN5O4S. The predicted molar refractivity (Wildman–Crippen MR) is 158 cm³/mol. The highest BCUT2D eigenvalue weighted by Gasteiger charge is 2.47. The highest BCUT2D eigenvalue weighted by Crippen LogP contribution is 2.51. The van der Waals surface area contributed by atoms with Crippen molar-refractivity contribution in [3.05, 3.63) is 83.5 Å². The van der Waals surface area contributed by atoms with Crippen LogP contribution in [0.25, 0.3) is 0 Å². The summed E-state index contributed by atoms with van der Waals surface area (Å²) in [5.41, 5.74) is 3.08. The van der Waals surface area contributed by atoms with E-state index in [0.29, 0.717) is 35.2 Å². The van der Waals surface area contributed by atoms with Crippen molar-refractivity contribution in [2.75, 3.05) is 18.0 Å². The Balaban J connectivity index is 1.22. The molecule has 0 saturated carbocycles. The number of amides is 4. The van der Waals surface area contributed by atoms with Gasteiger partial charge in [-0.15, -0.1) is 0 Å². The minimum absolute atomic E-state index is 0.0413. The number of aromatic nitrogens is 1. The largest absolute Gasteiger partial charge is 0.457 e. The first-order valence-electron chi connectivity index (χ1n) is 13.3. The topological polar surface area (TPSA) is 104 Å². The van der Waals surface area contributed by atoms with Crippen molar-refractivity contribution in [3.8, 4) is 11.5 Å². The maximum atomic E-state index is 13.6. The number of carbonyl (C=O) groups excluding carboxylic acids is 3. The summed E-state index contributed by atoms with van der Waals surface area (Å²) in [6.07, 6.45) is 3.15. The molecule has 6 rings (SSSR count). The number of pyridine rings is 1. The van der Waals surface area contributed by atoms with Crippen molar-refractivity contribution in [1.82, 2.24) is 20.5 Å². The number of thioether (sulfide) groups is 1. The molecule has 9 nitrogen and oxygen atoms in total. The Morgan fingerprint density at radius 3 is 2.71 bits per heavy atom. The standard InChI is InChI=1S/C30H28ClN5O4S/c1-17-15-21(40-20-8-4-3-5-9-20)10-11-22(17)36-23-12-13-32-28-24(23)25(34-30(36)39)26(41-28)27(37)33-19-7-6-14-35(16-19)29(38)18(2)31/h3-5,8-13,15,19,25-26H,2,6-7,14,16H2,1H3,(H,33,37)(H,34,39)/t19?,25?,26-/m1/s1. The minimum Gasteiger partial charge on any atom is -0.457 e. The number of urea groups is 1. The molecule has 3 aromatic rings. The number of piperidine rings is 1. The van der Waals surface area contributed by atoms with E-state index in [1.54, 1.807) is 16.0 Å². The molecule has 2 aromatic carbocycles. The van der Waals surface area contributed by atoms with Gasteiger partial charge in [-0.3, -0.25) is 14.5 Å². The molecule has 0 radical (unpaired) electrons. The monoisotopic (exact) mass is 589 g/mol. The molecule has 1 fully saturated rings. The van der Waals surface area contributed by atoms with Crippen molar-refractivity contribution < 1.29 is 19.1 Å². The third-order valence-corrected chi connectivity index (χ3v) is 8.89. The van der Waals surface area contributed by atoms with Crippen molar-refractivity contribution in [2.24, 2.45) is 0 Å². The van der Waals surface area contributed by atoms with Crippen LogP contribution in [0, 0.1) is 6.92 Å². The van der Waals surface area contributed by atoms with Crippen LogP contribution in [0.2, 0.25) is 0 Å². The van der Waals surface area contributed by atoms with E-state index in [-0.39, 0.29) is 28.9 Å². The van der Waals surface area contributed by atoms with Gasteiger partial charge in [-0.2, -0.15) is 0 Å². The zero-order valence-electron chi connectivity index (χ0n) is 22.3. The van der Waals surface area contributed by atoms with Gasteiger partial charge in [0.25, 0.3) is 5.91 Å². The highest BCUT2D eigenvalue weighted by atomic mass is 35.5. The van der Waals surface area contributed by atoms with Crippen LogP contribution in [-0.4, -0.2) is 52.1 Å². The summed E-state index contributed by atoms with van der Waals surface area (Å²) in [7, 11) is 0. The Bertz CT molecular complexity index is 1550. The van der Waals surface area contributed by atoms with Crippen LogP contribution in [0.1, 0.15) is 30.0 Å². The quantitative estimate of drug-likeness (QED) is 0.372. The molecule has 0 spiro atoms. The van der Waals surface area contributed by atoms with E-state index in [0.717, 1.165) is 29.7 Å². The average Bonchev–Trinajstić information content (AvgIpc) is 3.33. The van der Waals surface area contributed by atoms with Crippen molar-refractivity contribution >= 4 is 52.6 Å². The molecule has 3 aliphatic heterocycles. The molecule has 210 valence electrons. The Morgan fingerprint density at radius 1 is 1.15 bits per heavy atom. The van der Waals surface area contributed by atoms with Gasteiger partial charge in [0.15, 0.2) is 0 Å². The molecule has 4 heterocycles. The molecule has 2 N–H and O–H groups in total. The van der Waals surface area contributed by atoms with E-state index in [4.69, 9.17) is 16.3 Å². The summed E-state index contributed by atoms with van der Waals surface area (Å²) in [4.78, 5) is 47.2. The molecule has 2 unspecified atom stereocenters. The van der Waals surface area contributed by atoms with Crippen LogP contribution in [0.5, 0.6) is 11.5 Å². The number of hydrogen-bond donors (Lipinski definition) is 2. The fraction of sp³-hybridized carbons (Fsp3) is 0.267. The van der Waals surface area contributed by atoms with Crippen LogP contribution in [0.15, 0.2) is 77.4 Å². The second-order valence-electron chi connectivity index (χ2n) is 10.2. The molecular weight excluding hydrogens is 562 g/mol. The second-order valence-corrected chi connectivity index (χ2v) is 11.8. The lowest BCUT2D eigenvalue weighted by atomic mass is 9.98. The van der Waals surface area contributed by atoms with E-state index in [1.807, 2.05) is 61.5 Å². The molecule has 11 heteroatoms. The first-order chi connectivity index (χ1) is 19.8. The summed E-state index contributed by atoms with van der Waals surface area (Å²) in [5, 5.41) is 6.21. The van der Waals surface area contributed by atoms with Gasteiger partial charge in [0, 0.05) is 30.9 Å². The number of para-hydroxylation sites is 1. The molecule has 41 heavy (non-hydrogen) atoms. The summed E-state index contributed by atoms with van der Waals surface area (Å²) >= 11 is 7.15. The van der Waals surface area contributed by atoms with E-state index in [2.05, 4.69) is 22.2 Å². The number of benzene rings is 2. The molecule has 0 aliphatic carbocycles. The lowest BCUT2D eigenvalue weighted by Crippen LogP contribution is -2.53. The van der Waals surface area contributed by atoms with Crippen LogP contribution in [-0.2, 0) is 9.59 Å². The minimum atomic E-state index is -0.596. The number of nitrogens with one attached hydrogen (secondary N) is 2. The third-order valence-electron chi connectivity index (χ3n) is 7.44. The van der Waals surface area contributed by atoms with E-state index in [1.165, 1.54) is 11.8 Å². The van der Waals surface area contributed by atoms with E-state index in [9.17, 15) is 14.4 Å². The number of anilines is 2. The van der Waals surface area contributed by atoms with Crippen LogP contribution in [0.3, 0.4) is 0 Å². The van der Waals surface area contributed by atoms with E-state index >= 15 is 0 Å². The van der Waals surface area contributed by atoms with Crippen LogP contribution in [0.4, 0.5) is 16.2 Å². The first-order valence-corrected chi connectivity index (χ1v) is 14.6. The van der Waals surface area contributed by atoms with Crippen molar-refractivity contribution in [3.63, 3.8) is 0 Å². The number of nitrogens with zero attached hydrogens (tertiary/aromatic N) is 3. The van der Waals surface area contributed by atoms with Crippen molar-refractivity contribution in [1.29, 1.82) is 0 Å². The van der Waals surface area contributed by atoms with Gasteiger partial charge in [0.05, 0.1) is 22.4 Å². The molecule has 1 aromatic heterocycles. The molecule has 1 saturated heterocycles. The Labute approximate surface area is 246 Å². The highest BCUT2D eigenvalue weighted by molar-refractivity contribution is 8.01. The maximum absolute atomic E-state index is 13.6. The number of halogens is 1. The Morgan fingerprint density at radius 2 is 1.95 bits per heavy atom. The van der Waals surface area contributed by atoms with Gasteiger partial charge in [-0.1, -0.05) is 48.1 Å². The van der Waals surface area contributed by atoms with Crippen LogP contribution >= 0.6 is 23.4 Å². The van der Waals surface area contributed by atoms with Gasteiger partial charge in [-0.25, -0.2) is 9.78 Å². The fourth-order valence-corrected chi connectivity index (χ4v) is 6.92. The lowest BCUT2D eigenvalue weighted by molar-refractivity contribution is -0.129. The number of hydrogen-bond acceptors (Lipinski definition) is 6. The smallest absolute Gasteiger partial charge is 0.327 e. The predicted octanol–water partition coefficient (Wildman–Crippen LogP) is 5.42. The molecule has 4 amide bonds. The Kier molecular flexibility index (Phi) is 7.35. The van der Waals surface area contributed by atoms with E-state index < -0.39 is 11.3 Å². The van der Waals surface area contributed by atoms with Gasteiger partial charge in [0.2, 0.25) is 5.91 Å². The zero-order chi connectivity index (χ0) is 28.7. The average molecular weight is 590 g/mol. The third kappa shape index (κ3) is 5.25. The summed E-state index contributed by atoms with van der Waals surface area (Å²) < 4.78 is 5.97. The number of rotatable bonds is 6. The summed E-state index contributed by atoms with van der Waals surface area (Å²) in [6, 6.07) is 15.8. The second kappa shape index (κ2) is 11.1. The fourth-order valence-electron chi connectivity index (χ4n) is 5.57. The zero-order valence-corrected chi connectivity index (χ0v) is 23.9. The maximum Gasteiger partial charge on any atom is 0.327 e. The van der Waals surface area contributed by atoms with Crippen molar-refractivity contribution in [2.45, 2.75) is 42.1 Å². The number of aryl methyl sites for hydroxylation is 1. The SMILES string of the molecule is C=C(Cl)C(=O)N1CCCC(NC(=O)[C@@H]2Sc3nccc4c3C2NC(=O)N4c2ccc(Oc3ccccc3)cc2C)C1. The van der Waals surface area contributed by atoms with Gasteiger partial charge < -0.3 is 20.3 Å². The number of likely N-dealkylation sites (tertiary alicyclic amines) is 1. The molecule has 3 aliphatic rings.